The van der Waals surface area contributed by atoms with Crippen LogP contribution in [0.3, 0.4) is 0 Å². The van der Waals surface area contributed by atoms with Crippen molar-refractivity contribution in [2.24, 2.45) is 0 Å². The van der Waals surface area contributed by atoms with Crippen molar-refractivity contribution < 1.29 is 0 Å². The van der Waals surface area contributed by atoms with Crippen molar-refractivity contribution >= 4 is 28.6 Å². The summed E-state index contributed by atoms with van der Waals surface area (Å²) in [7, 11) is 0. The lowest BCUT2D eigenvalue weighted by Gasteiger charge is -2.09. The summed E-state index contributed by atoms with van der Waals surface area (Å²) in [5.74, 6) is 2.71. The lowest BCUT2D eigenvalue weighted by Crippen LogP contribution is -2.05. The Morgan fingerprint density at radius 2 is 2.00 bits per heavy atom. The van der Waals surface area contributed by atoms with Crippen LogP contribution in [0.5, 0.6) is 0 Å². The monoisotopic (exact) mass is 326 g/mol. The van der Waals surface area contributed by atoms with Crippen LogP contribution in [-0.4, -0.2) is 20.3 Å². The van der Waals surface area contributed by atoms with Gasteiger partial charge in [-0.25, -0.2) is 9.97 Å². The van der Waals surface area contributed by atoms with Crippen molar-refractivity contribution in [3.8, 4) is 0 Å². The maximum atomic E-state index is 6.00. The molecule has 0 atom stereocenters. The van der Waals surface area contributed by atoms with Crippen molar-refractivity contribution in [1.29, 1.82) is 0 Å². The molecular formula is C18H22N4S. The van der Waals surface area contributed by atoms with Gasteiger partial charge in [0.25, 0.3) is 0 Å². The van der Waals surface area contributed by atoms with Crippen molar-refractivity contribution in [2.45, 2.75) is 38.1 Å². The molecule has 0 unspecified atom stereocenters. The number of anilines is 1. The van der Waals surface area contributed by atoms with Gasteiger partial charge in [-0.1, -0.05) is 25.1 Å². The third-order valence-corrected chi connectivity index (χ3v) is 5.01. The Morgan fingerprint density at radius 1 is 1.22 bits per heavy atom. The highest BCUT2D eigenvalue weighted by molar-refractivity contribution is 7.99. The second-order valence-electron chi connectivity index (χ2n) is 5.57. The number of thioether (sulfide) groups is 1. The maximum absolute atomic E-state index is 6.00. The molecule has 0 aliphatic heterocycles. The fourth-order valence-corrected chi connectivity index (χ4v) is 3.67. The molecule has 0 saturated heterocycles. The Morgan fingerprint density at radius 3 is 2.74 bits per heavy atom. The molecule has 0 saturated carbocycles. The lowest BCUT2D eigenvalue weighted by atomic mass is 10.2. The zero-order chi connectivity index (χ0) is 16.2. The van der Waals surface area contributed by atoms with Gasteiger partial charge in [-0.2, -0.15) is 0 Å². The molecule has 120 valence electrons. The zero-order valence-corrected chi connectivity index (χ0v) is 14.4. The third-order valence-electron chi connectivity index (χ3n) is 3.91. The van der Waals surface area contributed by atoms with Gasteiger partial charge in [-0.05, 0) is 36.8 Å². The molecule has 0 amide bonds. The molecule has 5 heteroatoms. The molecule has 0 aliphatic carbocycles. The van der Waals surface area contributed by atoms with Crippen LogP contribution in [0.25, 0.3) is 11.0 Å². The van der Waals surface area contributed by atoms with E-state index in [0.717, 1.165) is 47.6 Å². The highest BCUT2D eigenvalue weighted by atomic mass is 32.2. The van der Waals surface area contributed by atoms with E-state index in [-0.39, 0.29) is 0 Å². The van der Waals surface area contributed by atoms with Crippen LogP contribution >= 0.6 is 11.8 Å². The molecule has 0 bridgehead atoms. The van der Waals surface area contributed by atoms with Crippen molar-refractivity contribution in [3.05, 3.63) is 47.9 Å². The quantitative estimate of drug-likeness (QED) is 0.548. The smallest absolute Gasteiger partial charge is 0.151 e. The number of fused-ring (bicyclic) bond motifs is 1. The summed E-state index contributed by atoms with van der Waals surface area (Å²) in [6.45, 7) is 5.17. The molecule has 2 aromatic heterocycles. The minimum absolute atomic E-state index is 0.526. The van der Waals surface area contributed by atoms with Gasteiger partial charge in [0.15, 0.2) is 5.82 Å². The number of nitrogens with zero attached hydrogens (tertiary/aromatic N) is 3. The number of nitrogen functional groups attached to an aromatic ring is 1. The number of aryl methyl sites for hydroxylation is 3. The Balaban J connectivity index is 1.75. The predicted octanol–water partition coefficient (Wildman–Crippen LogP) is 4.07. The molecule has 4 nitrogen and oxygen atoms in total. The van der Waals surface area contributed by atoms with Crippen LogP contribution in [0.15, 0.2) is 41.4 Å². The Hall–Kier alpha value is -2.01. The molecule has 2 N–H and O–H groups in total. The van der Waals surface area contributed by atoms with E-state index in [0.29, 0.717) is 5.82 Å². The number of hydrogen-bond donors (Lipinski definition) is 1. The molecule has 23 heavy (non-hydrogen) atoms. The van der Waals surface area contributed by atoms with Gasteiger partial charge in [0.05, 0.1) is 5.52 Å². The number of imidazole rings is 1. The van der Waals surface area contributed by atoms with E-state index in [1.165, 1.54) is 4.90 Å². The second-order valence-corrected chi connectivity index (χ2v) is 6.74. The lowest BCUT2D eigenvalue weighted by molar-refractivity contribution is 0.663. The normalized spacial score (nSPS) is 11.2. The number of rotatable bonds is 6. The minimum atomic E-state index is 0.526. The second kappa shape index (κ2) is 7.04. The van der Waals surface area contributed by atoms with Crippen LogP contribution in [-0.2, 0) is 13.0 Å². The van der Waals surface area contributed by atoms with Gasteiger partial charge in [0.2, 0.25) is 0 Å². The summed E-state index contributed by atoms with van der Waals surface area (Å²) in [6.07, 6.45) is 3.84. The SMILES string of the molecule is CCc1nc2c(N)ncc(C)c2n1CCCSc1ccccc1. The van der Waals surface area contributed by atoms with Crippen LogP contribution < -0.4 is 5.73 Å². The topological polar surface area (TPSA) is 56.7 Å². The van der Waals surface area contributed by atoms with Crippen LogP contribution in [0, 0.1) is 6.92 Å². The van der Waals surface area contributed by atoms with Crippen molar-refractivity contribution in [3.63, 3.8) is 0 Å². The summed E-state index contributed by atoms with van der Waals surface area (Å²) in [5, 5.41) is 0. The fraction of sp³-hybridized carbons (Fsp3) is 0.333. The van der Waals surface area contributed by atoms with Gasteiger partial charge < -0.3 is 10.3 Å². The van der Waals surface area contributed by atoms with Crippen LogP contribution in [0.1, 0.15) is 24.7 Å². The Bertz CT molecular complexity index is 796. The summed E-state index contributed by atoms with van der Waals surface area (Å²) in [5.41, 5.74) is 9.12. The molecule has 1 aromatic carbocycles. The molecule has 3 rings (SSSR count). The van der Waals surface area contributed by atoms with Crippen molar-refractivity contribution in [2.75, 3.05) is 11.5 Å². The average Bonchev–Trinajstić information content (AvgIpc) is 2.96. The Labute approximate surface area is 141 Å². The first-order valence-electron chi connectivity index (χ1n) is 7.98. The van der Waals surface area contributed by atoms with Gasteiger partial charge in [-0.15, -0.1) is 11.8 Å². The van der Waals surface area contributed by atoms with E-state index in [2.05, 4.69) is 53.7 Å². The standard InChI is InChI=1S/C18H22N4S/c1-3-15-21-16-17(13(2)12-20-18(16)19)22(15)10-7-11-23-14-8-5-4-6-9-14/h4-6,8-9,12H,3,7,10-11H2,1-2H3,(H2,19,20). The van der Waals surface area contributed by atoms with Gasteiger partial charge in [0.1, 0.15) is 11.3 Å². The molecule has 3 aromatic rings. The summed E-state index contributed by atoms with van der Waals surface area (Å²) >= 11 is 1.90. The number of nitrogens with two attached hydrogens (primary N) is 1. The first-order valence-corrected chi connectivity index (χ1v) is 8.97. The maximum Gasteiger partial charge on any atom is 0.151 e. The molecular weight excluding hydrogens is 304 g/mol. The number of pyridine rings is 1. The fourth-order valence-electron chi connectivity index (χ4n) is 2.81. The molecule has 0 aliphatic rings. The van der Waals surface area contributed by atoms with Gasteiger partial charge in [0, 0.05) is 24.1 Å². The number of hydrogen-bond acceptors (Lipinski definition) is 4. The van der Waals surface area contributed by atoms with Gasteiger partial charge >= 0.3 is 0 Å². The van der Waals surface area contributed by atoms with E-state index >= 15 is 0 Å². The van der Waals surface area contributed by atoms with Crippen LogP contribution in [0.4, 0.5) is 5.82 Å². The average molecular weight is 326 g/mol. The Kier molecular flexibility index (Phi) is 4.86. The highest BCUT2D eigenvalue weighted by Crippen LogP contribution is 2.25. The van der Waals surface area contributed by atoms with E-state index < -0.39 is 0 Å². The third kappa shape index (κ3) is 3.34. The van der Waals surface area contributed by atoms with E-state index in [1.807, 2.05) is 18.0 Å². The van der Waals surface area contributed by atoms with E-state index in [9.17, 15) is 0 Å². The van der Waals surface area contributed by atoms with E-state index in [1.54, 1.807) is 0 Å². The molecule has 0 radical (unpaired) electrons. The number of benzene rings is 1. The summed E-state index contributed by atoms with van der Waals surface area (Å²) in [4.78, 5) is 10.2. The van der Waals surface area contributed by atoms with Crippen molar-refractivity contribution in [1.82, 2.24) is 14.5 Å². The molecule has 0 spiro atoms. The first-order chi connectivity index (χ1) is 11.2. The van der Waals surface area contributed by atoms with Crippen LogP contribution in [0.2, 0.25) is 0 Å². The molecule has 0 fully saturated rings. The number of aromatic nitrogens is 3. The minimum Gasteiger partial charge on any atom is -0.382 e. The first kappa shape index (κ1) is 15.9. The summed E-state index contributed by atoms with van der Waals surface area (Å²) < 4.78 is 2.31. The predicted molar refractivity (Wildman–Crippen MR) is 97.8 cm³/mol. The largest absolute Gasteiger partial charge is 0.382 e. The van der Waals surface area contributed by atoms with Gasteiger partial charge in [-0.3, -0.25) is 0 Å². The highest BCUT2D eigenvalue weighted by Gasteiger charge is 2.14. The summed E-state index contributed by atoms with van der Waals surface area (Å²) in [6, 6.07) is 10.5. The zero-order valence-electron chi connectivity index (χ0n) is 13.6. The van der Waals surface area contributed by atoms with E-state index in [4.69, 9.17) is 10.7 Å². The molecule has 2 heterocycles.